The van der Waals surface area contributed by atoms with Crippen LogP contribution in [0.1, 0.15) is 54.4 Å². The summed E-state index contributed by atoms with van der Waals surface area (Å²) in [6.07, 6.45) is 2.99. The van der Waals surface area contributed by atoms with Crippen LogP contribution in [0.2, 0.25) is 0 Å². The summed E-state index contributed by atoms with van der Waals surface area (Å²) in [5, 5.41) is 2.40. The Morgan fingerprint density at radius 1 is 1.10 bits per heavy atom. The number of fused-ring (bicyclic) bond motifs is 3. The number of nitrogens with two attached hydrogens (primary N) is 1. The molecule has 0 aliphatic carbocycles. The number of nitrogens with zero attached hydrogens (tertiary/aromatic N) is 5. The van der Waals surface area contributed by atoms with Gasteiger partial charge in [0.2, 0.25) is 0 Å². The lowest BCUT2D eigenvalue weighted by Gasteiger charge is -2.32. The van der Waals surface area contributed by atoms with E-state index in [-0.39, 0.29) is 29.1 Å². The molecule has 0 saturated carbocycles. The van der Waals surface area contributed by atoms with Gasteiger partial charge >= 0.3 is 6.18 Å². The van der Waals surface area contributed by atoms with Gasteiger partial charge in [-0.25, -0.2) is 15.0 Å². The van der Waals surface area contributed by atoms with Crippen LogP contribution < -0.4 is 11.1 Å². The number of carbonyl (C=O) groups is 2. The highest BCUT2D eigenvalue weighted by atomic mass is 19.4. The molecule has 2 bridgehead atoms. The number of anilines is 2. The van der Waals surface area contributed by atoms with Gasteiger partial charge in [-0.2, -0.15) is 13.2 Å². The number of carbonyl (C=O) groups excluding carboxylic acids is 2. The summed E-state index contributed by atoms with van der Waals surface area (Å²) < 4.78 is 41.0. The molecule has 0 spiro atoms. The topological polar surface area (TPSA) is 119 Å². The number of amides is 2. The maximum absolute atomic E-state index is 13.0. The maximum Gasteiger partial charge on any atom is 0.416 e. The summed E-state index contributed by atoms with van der Waals surface area (Å²) >= 11 is 0. The summed E-state index contributed by atoms with van der Waals surface area (Å²) in [7, 11) is 0. The van der Waals surface area contributed by atoms with E-state index in [9.17, 15) is 22.8 Å². The number of imidazole rings is 1. The van der Waals surface area contributed by atoms with E-state index in [1.165, 1.54) is 0 Å². The first kappa shape index (κ1) is 26.3. The number of nitrogen functional groups attached to an aromatic ring is 1. The third-order valence-corrected chi connectivity index (χ3v) is 7.81. The van der Waals surface area contributed by atoms with Gasteiger partial charge in [-0.05, 0) is 62.8 Å². The monoisotopic (exact) mass is 559 g/mol. The number of alkyl halides is 3. The van der Waals surface area contributed by atoms with Crippen LogP contribution in [0.3, 0.4) is 0 Å². The van der Waals surface area contributed by atoms with Crippen LogP contribution in [0.25, 0.3) is 16.8 Å². The Labute approximate surface area is 232 Å². The summed E-state index contributed by atoms with van der Waals surface area (Å²) in [4.78, 5) is 40.8. The predicted octanol–water partition coefficient (Wildman–Crippen LogP) is 4.65. The molecule has 2 amide bonds. The molecular weight excluding hydrogens is 535 g/mol. The SMILES string of the molecule is CC#CC(=O)N1C2CCC1(c1nc(-c3ccc(C(=O)Nc4cc(C(F)(F)F)ccn4)cc3)c3c(N)nccn13)CC2. The number of benzene rings is 1. The molecule has 2 fully saturated rings. The zero-order valence-electron chi connectivity index (χ0n) is 21.9. The molecule has 2 saturated heterocycles. The smallest absolute Gasteiger partial charge is 0.382 e. The average Bonchev–Trinajstić information content (AvgIpc) is 3.64. The lowest BCUT2D eigenvalue weighted by atomic mass is 9.87. The van der Waals surface area contributed by atoms with E-state index < -0.39 is 23.2 Å². The van der Waals surface area contributed by atoms with Crippen molar-refractivity contribution in [3.05, 3.63) is 71.9 Å². The summed E-state index contributed by atoms with van der Waals surface area (Å²) in [5.41, 5.74) is 6.76. The van der Waals surface area contributed by atoms with Gasteiger partial charge in [0, 0.05) is 35.8 Å². The largest absolute Gasteiger partial charge is 0.416 e. The molecular formula is C29H24F3N7O2. The standard InChI is InChI=1S/C29H24F3N7O2/c1-2-3-22(40)39-20-8-11-28(39,12-9-20)27-37-23(24-25(33)35-14-15-38(24)27)17-4-6-18(7-5-17)26(41)36-21-16-19(10-13-34-21)29(30,31)32/h4-7,10,13-16,20H,8-9,11-12H2,1H3,(H2,33,35)(H,34,36,41). The van der Waals surface area contributed by atoms with Gasteiger partial charge in [-0.3, -0.25) is 14.0 Å². The number of nitrogens with one attached hydrogen (secondary N) is 1. The van der Waals surface area contributed by atoms with Crippen molar-refractivity contribution in [1.29, 1.82) is 0 Å². The summed E-state index contributed by atoms with van der Waals surface area (Å²) in [5.74, 6) is 5.29. The first-order valence-corrected chi connectivity index (χ1v) is 13.0. The third-order valence-electron chi connectivity index (χ3n) is 7.81. The molecule has 0 radical (unpaired) electrons. The van der Waals surface area contributed by atoms with Crippen LogP contribution in [0, 0.1) is 11.8 Å². The van der Waals surface area contributed by atoms with Crippen LogP contribution in [0.15, 0.2) is 55.0 Å². The third kappa shape index (κ3) is 4.34. The van der Waals surface area contributed by atoms with Gasteiger partial charge < -0.3 is 16.0 Å². The normalized spacial score (nSPS) is 19.7. The molecule has 0 unspecified atom stereocenters. The molecule has 6 rings (SSSR count). The second-order valence-electron chi connectivity index (χ2n) is 10.1. The van der Waals surface area contributed by atoms with Gasteiger partial charge in [-0.15, -0.1) is 0 Å². The van der Waals surface area contributed by atoms with Crippen molar-refractivity contribution >= 4 is 29.0 Å². The van der Waals surface area contributed by atoms with Crippen molar-refractivity contribution in [2.45, 2.75) is 50.4 Å². The van der Waals surface area contributed by atoms with Crippen LogP contribution in [0.4, 0.5) is 24.8 Å². The molecule has 12 heteroatoms. The lowest BCUT2D eigenvalue weighted by molar-refractivity contribution is -0.137. The Bertz CT molecular complexity index is 1740. The lowest BCUT2D eigenvalue weighted by Crippen LogP contribution is -2.43. The molecule has 3 aromatic heterocycles. The van der Waals surface area contributed by atoms with Gasteiger partial charge in [0.15, 0.2) is 0 Å². The van der Waals surface area contributed by atoms with Crippen molar-refractivity contribution < 1.29 is 22.8 Å². The molecule has 4 aromatic rings. The molecule has 2 aliphatic rings. The molecule has 1 aromatic carbocycles. The number of rotatable bonds is 4. The predicted molar refractivity (Wildman–Crippen MR) is 144 cm³/mol. The minimum atomic E-state index is -4.56. The first-order valence-electron chi connectivity index (χ1n) is 13.0. The van der Waals surface area contributed by atoms with E-state index in [2.05, 4.69) is 27.1 Å². The number of halogens is 3. The highest BCUT2D eigenvalue weighted by molar-refractivity contribution is 6.04. The zero-order valence-corrected chi connectivity index (χ0v) is 21.9. The fraction of sp³-hybridized carbons (Fsp3) is 0.276. The molecule has 5 heterocycles. The van der Waals surface area contributed by atoms with E-state index in [0.717, 1.165) is 44.0 Å². The molecule has 3 N–H and O–H groups in total. The van der Waals surface area contributed by atoms with E-state index in [0.29, 0.717) is 22.6 Å². The van der Waals surface area contributed by atoms with Crippen LogP contribution >= 0.6 is 0 Å². The fourth-order valence-corrected chi connectivity index (χ4v) is 6.02. The number of hydrogen-bond acceptors (Lipinski definition) is 6. The minimum Gasteiger partial charge on any atom is -0.382 e. The zero-order chi connectivity index (χ0) is 28.9. The molecule has 208 valence electrons. The van der Waals surface area contributed by atoms with Crippen LogP contribution in [0.5, 0.6) is 0 Å². The highest BCUT2D eigenvalue weighted by Gasteiger charge is 2.57. The second-order valence-corrected chi connectivity index (χ2v) is 10.1. The van der Waals surface area contributed by atoms with Gasteiger partial charge in [0.1, 0.15) is 34.2 Å². The van der Waals surface area contributed by atoms with Crippen molar-refractivity contribution in [1.82, 2.24) is 24.3 Å². The molecule has 41 heavy (non-hydrogen) atoms. The van der Waals surface area contributed by atoms with E-state index in [1.807, 2.05) is 9.30 Å². The van der Waals surface area contributed by atoms with E-state index in [1.54, 1.807) is 43.6 Å². The van der Waals surface area contributed by atoms with Crippen molar-refractivity contribution in [2.24, 2.45) is 0 Å². The highest BCUT2D eigenvalue weighted by Crippen LogP contribution is 2.53. The van der Waals surface area contributed by atoms with Gasteiger partial charge in [0.25, 0.3) is 11.8 Å². The van der Waals surface area contributed by atoms with Crippen molar-refractivity contribution in [3.8, 4) is 23.1 Å². The quantitative estimate of drug-likeness (QED) is 0.352. The Hall–Kier alpha value is -4.92. The van der Waals surface area contributed by atoms with Crippen molar-refractivity contribution in [3.63, 3.8) is 0 Å². The Morgan fingerprint density at radius 2 is 1.83 bits per heavy atom. The maximum atomic E-state index is 13.0. The second kappa shape index (κ2) is 9.62. The van der Waals surface area contributed by atoms with Crippen LogP contribution in [-0.2, 0) is 16.5 Å². The summed E-state index contributed by atoms with van der Waals surface area (Å²) in [6, 6.07) is 8.16. The van der Waals surface area contributed by atoms with Gasteiger partial charge in [0.05, 0.1) is 5.56 Å². The fourth-order valence-electron chi connectivity index (χ4n) is 6.02. The van der Waals surface area contributed by atoms with E-state index >= 15 is 0 Å². The van der Waals surface area contributed by atoms with Crippen LogP contribution in [-0.4, -0.2) is 42.1 Å². The summed E-state index contributed by atoms with van der Waals surface area (Å²) in [6.45, 7) is 1.64. The first-order chi connectivity index (χ1) is 19.6. The molecule has 2 aliphatic heterocycles. The minimum absolute atomic E-state index is 0.0995. The Balaban J connectivity index is 1.35. The number of pyridine rings is 1. The number of aromatic nitrogens is 4. The van der Waals surface area contributed by atoms with E-state index in [4.69, 9.17) is 10.7 Å². The Morgan fingerprint density at radius 3 is 2.51 bits per heavy atom. The average molecular weight is 560 g/mol. The molecule has 0 atom stereocenters. The van der Waals surface area contributed by atoms with Crippen molar-refractivity contribution in [2.75, 3.05) is 11.1 Å². The number of hydrogen-bond donors (Lipinski definition) is 2. The van der Waals surface area contributed by atoms with Gasteiger partial charge in [-0.1, -0.05) is 18.1 Å². The molecule has 9 nitrogen and oxygen atoms in total. The Kier molecular flexibility index (Phi) is 6.17.